The van der Waals surface area contributed by atoms with Crippen molar-refractivity contribution in [2.45, 2.75) is 45.1 Å². The van der Waals surface area contributed by atoms with Crippen LogP contribution in [0.2, 0.25) is 5.02 Å². The highest BCUT2D eigenvalue weighted by molar-refractivity contribution is 6.30. The van der Waals surface area contributed by atoms with Gasteiger partial charge in [-0.2, -0.15) is 5.10 Å². The number of hydrogen-bond donors (Lipinski definition) is 2. The maximum Gasteiger partial charge on any atom is 0.271 e. The number of amides is 1. The molecule has 0 saturated carbocycles. The summed E-state index contributed by atoms with van der Waals surface area (Å²) in [7, 11) is 0. The summed E-state index contributed by atoms with van der Waals surface area (Å²) >= 11 is 6.04. The SMILES string of the molecule is CCCc1cc(C(=O)NC[C@H](c2ccc(Cl)cc2)N2CCCCC2)n[nH]1. The van der Waals surface area contributed by atoms with Gasteiger partial charge in [0.2, 0.25) is 0 Å². The van der Waals surface area contributed by atoms with Gasteiger partial charge >= 0.3 is 0 Å². The number of nitrogens with zero attached hydrogens (tertiary/aromatic N) is 2. The lowest BCUT2D eigenvalue weighted by Crippen LogP contribution is -2.40. The number of benzene rings is 1. The van der Waals surface area contributed by atoms with Crippen molar-refractivity contribution in [3.8, 4) is 0 Å². The van der Waals surface area contributed by atoms with E-state index in [9.17, 15) is 4.79 Å². The number of likely N-dealkylation sites (tertiary alicyclic amines) is 1. The van der Waals surface area contributed by atoms with E-state index in [-0.39, 0.29) is 11.9 Å². The normalized spacial score (nSPS) is 16.4. The predicted octanol–water partition coefficient (Wildman–Crippen LogP) is 3.97. The molecule has 6 heteroatoms. The third-order valence-electron chi connectivity index (χ3n) is 4.93. The molecule has 1 aromatic heterocycles. The number of carbonyl (C=O) groups is 1. The standard InChI is InChI=1S/C20H27ClN4O/c1-2-6-17-13-18(24-23-17)20(26)22-14-19(25-11-4-3-5-12-25)15-7-9-16(21)10-8-15/h7-10,13,19H,2-6,11-12,14H2,1H3,(H,22,26)(H,23,24)/t19-/m1/s1. The van der Waals surface area contributed by atoms with Gasteiger partial charge in [0.1, 0.15) is 5.69 Å². The third kappa shape index (κ3) is 4.86. The largest absolute Gasteiger partial charge is 0.349 e. The molecule has 0 bridgehead atoms. The number of hydrogen-bond acceptors (Lipinski definition) is 3. The Bertz CT molecular complexity index is 707. The van der Waals surface area contributed by atoms with E-state index in [2.05, 4.69) is 39.5 Å². The zero-order valence-corrected chi connectivity index (χ0v) is 16.1. The summed E-state index contributed by atoms with van der Waals surface area (Å²) in [6, 6.07) is 9.95. The Kier molecular flexibility index (Phi) is 6.69. The zero-order valence-electron chi connectivity index (χ0n) is 15.3. The first kappa shape index (κ1) is 18.9. The van der Waals surface area contributed by atoms with Gasteiger partial charge in [-0.05, 0) is 56.1 Å². The van der Waals surface area contributed by atoms with Crippen LogP contribution in [0.4, 0.5) is 0 Å². The molecule has 2 N–H and O–H groups in total. The van der Waals surface area contributed by atoms with Crippen LogP contribution in [-0.2, 0) is 6.42 Å². The van der Waals surface area contributed by atoms with Gasteiger partial charge in [0.05, 0.1) is 6.04 Å². The van der Waals surface area contributed by atoms with Crippen molar-refractivity contribution in [1.29, 1.82) is 0 Å². The van der Waals surface area contributed by atoms with Gasteiger partial charge in [-0.25, -0.2) is 0 Å². The second-order valence-electron chi connectivity index (χ2n) is 6.90. The van der Waals surface area contributed by atoms with Crippen molar-refractivity contribution in [3.63, 3.8) is 0 Å². The van der Waals surface area contributed by atoms with Gasteiger partial charge in [0.15, 0.2) is 0 Å². The third-order valence-corrected chi connectivity index (χ3v) is 5.18. The Labute approximate surface area is 160 Å². The molecule has 2 aromatic rings. The van der Waals surface area contributed by atoms with E-state index in [1.165, 1.54) is 24.8 Å². The van der Waals surface area contributed by atoms with E-state index in [0.717, 1.165) is 36.6 Å². The van der Waals surface area contributed by atoms with Gasteiger partial charge in [-0.3, -0.25) is 14.8 Å². The molecule has 1 atom stereocenters. The van der Waals surface area contributed by atoms with Crippen molar-refractivity contribution in [3.05, 3.63) is 52.3 Å². The minimum atomic E-state index is -0.125. The fourth-order valence-electron chi connectivity index (χ4n) is 3.53. The summed E-state index contributed by atoms with van der Waals surface area (Å²) < 4.78 is 0. The van der Waals surface area contributed by atoms with Crippen LogP contribution < -0.4 is 5.32 Å². The Hall–Kier alpha value is -1.85. The Morgan fingerprint density at radius 3 is 2.69 bits per heavy atom. The summed E-state index contributed by atoms with van der Waals surface area (Å²) in [6.07, 6.45) is 5.62. The van der Waals surface area contributed by atoms with Crippen LogP contribution in [0.3, 0.4) is 0 Å². The first-order valence-corrected chi connectivity index (χ1v) is 9.87. The van der Waals surface area contributed by atoms with Crippen molar-refractivity contribution in [1.82, 2.24) is 20.4 Å². The minimum absolute atomic E-state index is 0.125. The van der Waals surface area contributed by atoms with Crippen molar-refractivity contribution in [2.75, 3.05) is 19.6 Å². The zero-order chi connectivity index (χ0) is 18.4. The summed E-state index contributed by atoms with van der Waals surface area (Å²) in [5.41, 5.74) is 2.65. The average Bonchev–Trinajstić information content (AvgIpc) is 3.13. The number of halogens is 1. The Morgan fingerprint density at radius 2 is 2.00 bits per heavy atom. The van der Waals surface area contributed by atoms with Crippen LogP contribution in [0.5, 0.6) is 0 Å². The minimum Gasteiger partial charge on any atom is -0.349 e. The quantitative estimate of drug-likeness (QED) is 0.770. The van der Waals surface area contributed by atoms with Crippen LogP contribution in [0, 0.1) is 0 Å². The van der Waals surface area contributed by atoms with Gasteiger partial charge in [0, 0.05) is 17.3 Å². The summed E-state index contributed by atoms with van der Waals surface area (Å²) in [5, 5.41) is 10.9. The van der Waals surface area contributed by atoms with E-state index in [1.54, 1.807) is 0 Å². The number of aromatic nitrogens is 2. The number of carbonyl (C=O) groups excluding carboxylic acids is 1. The lowest BCUT2D eigenvalue weighted by Gasteiger charge is -2.35. The van der Waals surface area contributed by atoms with Gasteiger partial charge in [0.25, 0.3) is 5.91 Å². The second kappa shape index (κ2) is 9.19. The van der Waals surface area contributed by atoms with Crippen molar-refractivity contribution >= 4 is 17.5 Å². The monoisotopic (exact) mass is 374 g/mol. The van der Waals surface area contributed by atoms with E-state index in [1.807, 2.05) is 18.2 Å². The highest BCUT2D eigenvalue weighted by Gasteiger charge is 2.23. The smallest absolute Gasteiger partial charge is 0.271 e. The molecule has 2 heterocycles. The molecule has 1 amide bonds. The number of H-pyrrole nitrogens is 1. The number of piperidine rings is 1. The van der Waals surface area contributed by atoms with Crippen molar-refractivity contribution in [2.24, 2.45) is 0 Å². The summed E-state index contributed by atoms with van der Waals surface area (Å²) in [5.74, 6) is -0.125. The van der Waals surface area contributed by atoms with E-state index in [0.29, 0.717) is 12.2 Å². The number of rotatable bonds is 7. The molecule has 0 aliphatic carbocycles. The fourth-order valence-corrected chi connectivity index (χ4v) is 3.65. The molecule has 1 saturated heterocycles. The van der Waals surface area contributed by atoms with Crippen LogP contribution >= 0.6 is 11.6 Å². The maximum absolute atomic E-state index is 12.5. The molecule has 1 aromatic carbocycles. The van der Waals surface area contributed by atoms with E-state index < -0.39 is 0 Å². The van der Waals surface area contributed by atoms with Crippen LogP contribution in [0.25, 0.3) is 0 Å². The Balaban J connectivity index is 1.68. The first-order valence-electron chi connectivity index (χ1n) is 9.49. The van der Waals surface area contributed by atoms with Gasteiger partial charge in [-0.1, -0.05) is 43.5 Å². The number of aryl methyl sites for hydroxylation is 1. The predicted molar refractivity (Wildman–Crippen MR) is 105 cm³/mol. The molecule has 1 fully saturated rings. The lowest BCUT2D eigenvalue weighted by atomic mass is 10.0. The molecule has 0 radical (unpaired) electrons. The second-order valence-corrected chi connectivity index (χ2v) is 7.34. The average molecular weight is 375 g/mol. The van der Waals surface area contributed by atoms with E-state index >= 15 is 0 Å². The van der Waals surface area contributed by atoms with Crippen molar-refractivity contribution < 1.29 is 4.79 Å². The lowest BCUT2D eigenvalue weighted by molar-refractivity contribution is 0.0919. The summed E-state index contributed by atoms with van der Waals surface area (Å²) in [4.78, 5) is 15.0. The van der Waals surface area contributed by atoms with Gasteiger partial charge in [-0.15, -0.1) is 0 Å². The molecule has 0 spiro atoms. The summed E-state index contributed by atoms with van der Waals surface area (Å²) in [6.45, 7) is 4.80. The van der Waals surface area contributed by atoms with Crippen LogP contribution in [0.15, 0.2) is 30.3 Å². The van der Waals surface area contributed by atoms with Gasteiger partial charge < -0.3 is 5.32 Å². The molecule has 0 unspecified atom stereocenters. The highest BCUT2D eigenvalue weighted by atomic mass is 35.5. The van der Waals surface area contributed by atoms with Crippen LogP contribution in [-0.4, -0.2) is 40.6 Å². The fraction of sp³-hybridized carbons (Fsp3) is 0.500. The molecule has 1 aliphatic heterocycles. The van der Waals surface area contributed by atoms with E-state index in [4.69, 9.17) is 11.6 Å². The maximum atomic E-state index is 12.5. The molecule has 3 rings (SSSR count). The van der Waals surface area contributed by atoms with Crippen LogP contribution in [0.1, 0.15) is 60.4 Å². The molecule has 140 valence electrons. The molecule has 26 heavy (non-hydrogen) atoms. The topological polar surface area (TPSA) is 61.0 Å². The molecular formula is C20H27ClN4O. The highest BCUT2D eigenvalue weighted by Crippen LogP contribution is 2.25. The molecule has 5 nitrogen and oxygen atoms in total. The number of nitrogens with one attached hydrogen (secondary N) is 2. The molecular weight excluding hydrogens is 348 g/mol. The molecule has 1 aliphatic rings. The number of aromatic amines is 1. The Morgan fingerprint density at radius 1 is 1.27 bits per heavy atom. The first-order chi connectivity index (χ1) is 12.7.